The highest BCUT2D eigenvalue weighted by molar-refractivity contribution is 8.00. The minimum atomic E-state index is -6.23. The van der Waals surface area contributed by atoms with Crippen LogP contribution in [0.15, 0.2) is 29.2 Å². The molecule has 1 atom stereocenters. The predicted octanol–water partition coefficient (Wildman–Crippen LogP) is 3.87. The summed E-state index contributed by atoms with van der Waals surface area (Å²) in [5.74, 6) is -2.17. The second kappa shape index (κ2) is 6.63. The lowest BCUT2D eigenvalue weighted by Gasteiger charge is -2.38. The first-order valence-electron chi connectivity index (χ1n) is 6.93. The molecule has 0 radical (unpaired) electrons. The van der Waals surface area contributed by atoms with Crippen LogP contribution in [0, 0.1) is 0 Å². The van der Waals surface area contributed by atoms with Gasteiger partial charge in [-0.1, -0.05) is 17.8 Å². The Labute approximate surface area is 146 Å². The lowest BCUT2D eigenvalue weighted by molar-refractivity contribution is -0.302. The zero-order valence-electron chi connectivity index (χ0n) is 12.6. The second-order valence-corrected chi connectivity index (χ2v) is 6.60. The predicted molar refractivity (Wildman–Crippen MR) is 75.3 cm³/mol. The van der Waals surface area contributed by atoms with E-state index in [9.17, 15) is 40.3 Å². The van der Waals surface area contributed by atoms with E-state index in [2.05, 4.69) is 0 Å². The Bertz CT molecular complexity index is 705. The van der Waals surface area contributed by atoms with Crippen LogP contribution in [-0.2, 0) is 4.79 Å². The number of nitrogens with zero attached hydrogens (tertiary/aromatic N) is 1. The topological polar surface area (TPSA) is 57.6 Å². The van der Waals surface area contributed by atoms with Gasteiger partial charge in [0, 0.05) is 17.0 Å². The van der Waals surface area contributed by atoms with Gasteiger partial charge in [0.05, 0.1) is 0 Å². The zero-order chi connectivity index (χ0) is 19.9. The number of hydrogen-bond acceptors (Lipinski definition) is 3. The Balaban J connectivity index is 2.29. The van der Waals surface area contributed by atoms with Gasteiger partial charge in [0.25, 0.3) is 5.91 Å². The lowest BCUT2D eigenvalue weighted by Crippen LogP contribution is -2.55. The number of hydrogen-bond donors (Lipinski definition) is 1. The Kier molecular flexibility index (Phi) is 5.19. The molecule has 1 N–H and O–H groups in total. The smallest absolute Gasteiger partial charge is 0.441 e. The highest BCUT2D eigenvalue weighted by Gasteiger charge is 2.73. The van der Waals surface area contributed by atoms with Gasteiger partial charge in [0.2, 0.25) is 0 Å². The monoisotopic (exact) mass is 405 g/mol. The second-order valence-electron chi connectivity index (χ2n) is 5.36. The molecule has 1 saturated heterocycles. The van der Waals surface area contributed by atoms with Gasteiger partial charge < -0.3 is 10.0 Å². The standard InChI is InChI=1S/C14H10F7NO3S/c15-12(13(16,17)18,14(19,20)21)26-8-3-1-2-7(6-8)10(23)22-5-4-9(22)11(24)25/h1-3,6,9H,4-5H2,(H,24,25)/t9-/m1/s1. The van der Waals surface area contributed by atoms with Crippen LogP contribution in [0.5, 0.6) is 0 Å². The number of amides is 1. The van der Waals surface area contributed by atoms with E-state index in [-0.39, 0.29) is 18.5 Å². The first-order valence-corrected chi connectivity index (χ1v) is 7.75. The molecule has 0 aromatic heterocycles. The van der Waals surface area contributed by atoms with Crippen LogP contribution in [0.2, 0.25) is 0 Å². The number of thioether (sulfide) groups is 1. The quantitative estimate of drug-likeness (QED) is 0.611. The van der Waals surface area contributed by atoms with E-state index in [1.807, 2.05) is 0 Å². The van der Waals surface area contributed by atoms with E-state index in [1.54, 1.807) is 0 Å². The molecule has 1 aromatic rings. The van der Waals surface area contributed by atoms with E-state index >= 15 is 0 Å². The normalized spacial score (nSPS) is 18.4. The fourth-order valence-electron chi connectivity index (χ4n) is 2.18. The first kappa shape index (κ1) is 20.3. The van der Waals surface area contributed by atoms with Crippen LogP contribution in [-0.4, -0.2) is 51.8 Å². The maximum Gasteiger partial charge on any atom is 0.441 e. The molecule has 1 fully saturated rings. The van der Waals surface area contributed by atoms with Crippen LogP contribution in [0.3, 0.4) is 0 Å². The molecule has 1 aromatic carbocycles. The summed E-state index contributed by atoms with van der Waals surface area (Å²) in [6.45, 7) is 0.0747. The number of carbonyl (C=O) groups excluding carboxylic acids is 1. The summed E-state index contributed by atoms with van der Waals surface area (Å²) in [5.41, 5.74) is -0.340. The minimum absolute atomic E-state index is 0.0747. The SMILES string of the molecule is O=C(O)[C@H]1CCN1C(=O)c1cccc(SC(F)(C(F)(F)F)C(F)(F)F)c1. The summed E-state index contributed by atoms with van der Waals surface area (Å²) < 4.78 is 89.5. The average Bonchev–Trinajstić information content (AvgIpc) is 2.43. The Hall–Kier alpha value is -1.98. The largest absolute Gasteiger partial charge is 0.480 e. The van der Waals surface area contributed by atoms with E-state index in [0.717, 1.165) is 23.1 Å². The van der Waals surface area contributed by atoms with Gasteiger partial charge in [-0.3, -0.25) is 4.79 Å². The van der Waals surface area contributed by atoms with Gasteiger partial charge in [0.15, 0.2) is 0 Å². The van der Waals surface area contributed by atoms with Crippen molar-refractivity contribution in [2.45, 2.75) is 34.7 Å². The summed E-state index contributed by atoms with van der Waals surface area (Å²) in [7, 11) is 0. The van der Waals surface area contributed by atoms with Crippen molar-refractivity contribution in [2.24, 2.45) is 0 Å². The Morgan fingerprint density at radius 2 is 1.65 bits per heavy atom. The maximum absolute atomic E-state index is 13.8. The van der Waals surface area contributed by atoms with E-state index in [4.69, 9.17) is 5.11 Å². The molecule has 144 valence electrons. The fraction of sp³-hybridized carbons (Fsp3) is 0.429. The van der Waals surface area contributed by atoms with Crippen molar-refractivity contribution in [2.75, 3.05) is 6.54 Å². The van der Waals surface area contributed by atoms with E-state index in [0.29, 0.717) is 6.07 Å². The van der Waals surface area contributed by atoms with Crippen LogP contribution in [0.1, 0.15) is 16.8 Å². The molecule has 1 heterocycles. The molecule has 26 heavy (non-hydrogen) atoms. The molecule has 0 aliphatic carbocycles. The molecule has 0 saturated carbocycles. The van der Waals surface area contributed by atoms with Gasteiger partial charge in [-0.2, -0.15) is 26.3 Å². The number of carbonyl (C=O) groups is 2. The third-order valence-corrected chi connectivity index (χ3v) is 4.87. The molecule has 12 heteroatoms. The third-order valence-electron chi connectivity index (χ3n) is 3.63. The molecular formula is C14H10F7NO3S. The van der Waals surface area contributed by atoms with Crippen molar-refractivity contribution in [3.63, 3.8) is 0 Å². The number of carboxylic acids is 1. The van der Waals surface area contributed by atoms with Crippen molar-refractivity contribution in [1.82, 2.24) is 4.90 Å². The molecule has 0 unspecified atom stereocenters. The molecule has 1 aliphatic heterocycles. The van der Waals surface area contributed by atoms with Crippen LogP contribution >= 0.6 is 11.8 Å². The number of likely N-dealkylation sites (tertiary alicyclic amines) is 1. The van der Waals surface area contributed by atoms with E-state index in [1.165, 1.54) is 0 Å². The molecular weight excluding hydrogens is 395 g/mol. The number of aliphatic carboxylic acids is 1. The number of carboxylic acid groups (broad SMARTS) is 1. The summed E-state index contributed by atoms with van der Waals surface area (Å²) in [5, 5.41) is 3.33. The molecule has 0 spiro atoms. The minimum Gasteiger partial charge on any atom is -0.480 e. The summed E-state index contributed by atoms with van der Waals surface area (Å²) in [6.07, 6.45) is -12.3. The number of halogens is 7. The lowest BCUT2D eigenvalue weighted by atomic mass is 10.0. The highest BCUT2D eigenvalue weighted by Crippen LogP contribution is 2.55. The summed E-state index contributed by atoms with van der Waals surface area (Å²) in [6, 6.07) is 2.40. The summed E-state index contributed by atoms with van der Waals surface area (Å²) in [4.78, 5) is 23.2. The van der Waals surface area contributed by atoms with Crippen molar-refractivity contribution in [1.29, 1.82) is 0 Å². The molecule has 1 aliphatic rings. The third kappa shape index (κ3) is 3.60. The van der Waals surface area contributed by atoms with Crippen LogP contribution in [0.4, 0.5) is 30.7 Å². The maximum atomic E-state index is 13.8. The van der Waals surface area contributed by atoms with Gasteiger partial charge in [-0.25, -0.2) is 9.18 Å². The molecule has 0 bridgehead atoms. The Morgan fingerprint density at radius 3 is 2.08 bits per heavy atom. The van der Waals surface area contributed by atoms with Crippen molar-refractivity contribution in [3.05, 3.63) is 29.8 Å². The van der Waals surface area contributed by atoms with Gasteiger partial charge in [-0.15, -0.1) is 0 Å². The van der Waals surface area contributed by atoms with Crippen LogP contribution in [0.25, 0.3) is 0 Å². The van der Waals surface area contributed by atoms with Crippen molar-refractivity contribution < 1.29 is 45.4 Å². The van der Waals surface area contributed by atoms with Gasteiger partial charge >= 0.3 is 23.3 Å². The molecule has 1 amide bonds. The molecule has 4 nitrogen and oxygen atoms in total. The van der Waals surface area contributed by atoms with Crippen molar-refractivity contribution in [3.8, 4) is 0 Å². The van der Waals surface area contributed by atoms with E-state index < -0.39 is 51.9 Å². The fourth-order valence-corrected chi connectivity index (χ4v) is 3.07. The molecule has 2 rings (SSSR count). The highest BCUT2D eigenvalue weighted by atomic mass is 32.2. The summed E-state index contributed by atoms with van der Waals surface area (Å²) >= 11 is -1.12. The Morgan fingerprint density at radius 1 is 1.08 bits per heavy atom. The van der Waals surface area contributed by atoms with Gasteiger partial charge in [-0.05, 0) is 24.6 Å². The number of rotatable bonds is 4. The van der Waals surface area contributed by atoms with Gasteiger partial charge in [0.1, 0.15) is 6.04 Å². The number of alkyl halides is 7. The zero-order valence-corrected chi connectivity index (χ0v) is 13.4. The average molecular weight is 405 g/mol. The number of benzene rings is 1. The van der Waals surface area contributed by atoms with Crippen LogP contribution < -0.4 is 0 Å². The first-order chi connectivity index (χ1) is 11.8. The van der Waals surface area contributed by atoms with Crippen molar-refractivity contribution >= 4 is 23.6 Å².